The zero-order valence-electron chi connectivity index (χ0n) is 8.25. The minimum Gasteiger partial charge on any atom is -0.314 e. The van der Waals surface area contributed by atoms with Crippen LogP contribution in [0.5, 0.6) is 0 Å². The Morgan fingerprint density at radius 3 is 2.23 bits per heavy atom. The van der Waals surface area contributed by atoms with Crippen LogP contribution in [0.3, 0.4) is 0 Å². The lowest BCUT2D eigenvalue weighted by Crippen LogP contribution is -2.28. The molecule has 1 N–H and O–H groups in total. The molecule has 0 aliphatic heterocycles. The molecule has 0 bridgehead atoms. The zero-order chi connectivity index (χ0) is 10.3. The van der Waals surface area contributed by atoms with Gasteiger partial charge in [0.05, 0.1) is 0 Å². The maximum absolute atomic E-state index is 11.8. The van der Waals surface area contributed by atoms with Crippen LogP contribution < -0.4 is 5.32 Å². The van der Waals surface area contributed by atoms with Crippen LogP contribution in [0.1, 0.15) is 39.5 Å². The van der Waals surface area contributed by atoms with E-state index in [0.29, 0.717) is 6.42 Å². The van der Waals surface area contributed by atoms with Crippen LogP contribution in [0.25, 0.3) is 0 Å². The molecule has 0 heterocycles. The summed E-state index contributed by atoms with van der Waals surface area (Å²) in [6, 6.07) is 0.243. The number of rotatable bonds is 6. The summed E-state index contributed by atoms with van der Waals surface area (Å²) in [7, 11) is 0. The first-order valence-corrected chi connectivity index (χ1v) is 4.79. The van der Waals surface area contributed by atoms with Crippen LogP contribution in [-0.2, 0) is 0 Å². The lowest BCUT2D eigenvalue weighted by molar-refractivity contribution is -0.135. The van der Waals surface area contributed by atoms with Crippen LogP contribution in [0.2, 0.25) is 0 Å². The second-order valence-corrected chi connectivity index (χ2v) is 3.17. The van der Waals surface area contributed by atoms with Gasteiger partial charge >= 0.3 is 6.18 Å². The first-order chi connectivity index (χ1) is 5.99. The summed E-state index contributed by atoms with van der Waals surface area (Å²) in [5.74, 6) is 0. The Morgan fingerprint density at radius 2 is 1.85 bits per heavy atom. The molecule has 0 radical (unpaired) electrons. The third kappa shape index (κ3) is 8.09. The first-order valence-electron chi connectivity index (χ1n) is 4.79. The van der Waals surface area contributed by atoms with E-state index in [4.69, 9.17) is 0 Å². The lowest BCUT2D eigenvalue weighted by atomic mass is 10.1. The van der Waals surface area contributed by atoms with Gasteiger partial charge in [-0.1, -0.05) is 13.8 Å². The van der Waals surface area contributed by atoms with Gasteiger partial charge in [-0.15, -0.1) is 0 Å². The maximum atomic E-state index is 11.8. The Labute approximate surface area is 77.7 Å². The minimum absolute atomic E-state index is 0.231. The predicted octanol–water partition coefficient (Wildman–Crippen LogP) is 3.11. The fourth-order valence-corrected chi connectivity index (χ4v) is 1.29. The van der Waals surface area contributed by atoms with Gasteiger partial charge < -0.3 is 5.32 Å². The van der Waals surface area contributed by atoms with Crippen LogP contribution in [0.15, 0.2) is 0 Å². The molecule has 0 saturated heterocycles. The Balaban J connectivity index is 3.49. The van der Waals surface area contributed by atoms with Gasteiger partial charge in [0.25, 0.3) is 0 Å². The van der Waals surface area contributed by atoms with Gasteiger partial charge in [0, 0.05) is 12.5 Å². The fraction of sp³-hybridized carbons (Fsp3) is 1.00. The van der Waals surface area contributed by atoms with Gasteiger partial charge in [0.1, 0.15) is 0 Å². The van der Waals surface area contributed by atoms with Crippen molar-refractivity contribution in [2.45, 2.75) is 51.7 Å². The van der Waals surface area contributed by atoms with Crippen molar-refractivity contribution in [3.8, 4) is 0 Å². The highest BCUT2D eigenvalue weighted by Gasteiger charge is 2.26. The Hall–Kier alpha value is -0.250. The highest BCUT2D eigenvalue weighted by atomic mass is 19.4. The molecule has 0 rings (SSSR count). The molecule has 1 unspecified atom stereocenters. The normalized spacial score (nSPS) is 14.5. The van der Waals surface area contributed by atoms with Gasteiger partial charge in [-0.2, -0.15) is 13.2 Å². The quantitative estimate of drug-likeness (QED) is 0.690. The summed E-state index contributed by atoms with van der Waals surface area (Å²) in [6.07, 6.45) is -2.91. The molecule has 0 aromatic carbocycles. The summed E-state index contributed by atoms with van der Waals surface area (Å²) in [5, 5.41) is 3.15. The molecule has 0 aliphatic rings. The van der Waals surface area contributed by atoms with Crippen LogP contribution in [0.4, 0.5) is 13.2 Å². The highest BCUT2D eigenvalue weighted by molar-refractivity contribution is 4.64. The second kappa shape index (κ2) is 6.24. The van der Waals surface area contributed by atoms with Crippen molar-refractivity contribution in [3.63, 3.8) is 0 Å². The molecule has 4 heteroatoms. The van der Waals surface area contributed by atoms with Gasteiger partial charge in [0.2, 0.25) is 0 Å². The predicted molar refractivity (Wildman–Crippen MR) is 47.7 cm³/mol. The first kappa shape index (κ1) is 12.8. The molecule has 0 aromatic heterocycles. The largest absolute Gasteiger partial charge is 0.389 e. The van der Waals surface area contributed by atoms with E-state index in [0.717, 1.165) is 13.0 Å². The van der Waals surface area contributed by atoms with Crippen molar-refractivity contribution in [1.82, 2.24) is 5.32 Å². The van der Waals surface area contributed by atoms with E-state index in [2.05, 4.69) is 5.32 Å². The fourth-order valence-electron chi connectivity index (χ4n) is 1.29. The molecule has 13 heavy (non-hydrogen) atoms. The molecule has 0 amide bonds. The third-order valence-corrected chi connectivity index (χ3v) is 2.00. The average Bonchev–Trinajstić information content (AvgIpc) is 2.01. The van der Waals surface area contributed by atoms with Crippen molar-refractivity contribution in [2.24, 2.45) is 0 Å². The number of hydrogen-bond acceptors (Lipinski definition) is 1. The van der Waals surface area contributed by atoms with E-state index in [9.17, 15) is 13.2 Å². The topological polar surface area (TPSA) is 12.0 Å². The van der Waals surface area contributed by atoms with Gasteiger partial charge in [0.15, 0.2) is 0 Å². The molecule has 1 nitrogen and oxygen atoms in total. The molecular formula is C9H18F3N. The van der Waals surface area contributed by atoms with Crippen LogP contribution >= 0.6 is 0 Å². The van der Waals surface area contributed by atoms with Crippen molar-refractivity contribution in [1.29, 1.82) is 0 Å². The van der Waals surface area contributed by atoms with Crippen LogP contribution in [-0.4, -0.2) is 18.8 Å². The van der Waals surface area contributed by atoms with Crippen molar-refractivity contribution < 1.29 is 13.2 Å². The number of halogens is 3. The van der Waals surface area contributed by atoms with Gasteiger partial charge in [-0.25, -0.2) is 0 Å². The molecule has 80 valence electrons. The summed E-state index contributed by atoms with van der Waals surface area (Å²) < 4.78 is 35.3. The second-order valence-electron chi connectivity index (χ2n) is 3.17. The Kier molecular flexibility index (Phi) is 6.12. The minimum atomic E-state index is -4.00. The molecule has 0 aromatic rings. The maximum Gasteiger partial charge on any atom is 0.389 e. The standard InChI is InChI=1S/C9H18F3N/c1-3-8(13-4-2)6-5-7-9(10,11)12/h8,13H,3-7H2,1-2H3. The summed E-state index contributed by atoms with van der Waals surface area (Å²) >= 11 is 0. The Bertz CT molecular complexity index is 123. The molecule has 0 saturated carbocycles. The monoisotopic (exact) mass is 197 g/mol. The van der Waals surface area contributed by atoms with Crippen molar-refractivity contribution >= 4 is 0 Å². The van der Waals surface area contributed by atoms with E-state index in [1.807, 2.05) is 13.8 Å². The molecule has 1 atom stereocenters. The van der Waals surface area contributed by atoms with E-state index in [1.165, 1.54) is 0 Å². The average molecular weight is 197 g/mol. The highest BCUT2D eigenvalue weighted by Crippen LogP contribution is 2.22. The van der Waals surface area contributed by atoms with Crippen LogP contribution in [0, 0.1) is 0 Å². The third-order valence-electron chi connectivity index (χ3n) is 2.00. The smallest absolute Gasteiger partial charge is 0.314 e. The lowest BCUT2D eigenvalue weighted by Gasteiger charge is -2.15. The molecule has 0 fully saturated rings. The van der Waals surface area contributed by atoms with E-state index < -0.39 is 12.6 Å². The SMILES string of the molecule is CCNC(CC)CCCC(F)(F)F. The summed E-state index contributed by atoms with van der Waals surface area (Å²) in [6.45, 7) is 4.78. The van der Waals surface area contributed by atoms with Crippen molar-refractivity contribution in [3.05, 3.63) is 0 Å². The molecule has 0 spiro atoms. The van der Waals surface area contributed by atoms with E-state index in [-0.39, 0.29) is 12.5 Å². The molecular weight excluding hydrogens is 179 g/mol. The zero-order valence-corrected chi connectivity index (χ0v) is 8.25. The Morgan fingerprint density at radius 1 is 1.23 bits per heavy atom. The number of hydrogen-bond donors (Lipinski definition) is 1. The number of alkyl halides is 3. The molecule has 0 aliphatic carbocycles. The van der Waals surface area contributed by atoms with E-state index >= 15 is 0 Å². The van der Waals surface area contributed by atoms with E-state index in [1.54, 1.807) is 0 Å². The summed E-state index contributed by atoms with van der Waals surface area (Å²) in [5.41, 5.74) is 0. The van der Waals surface area contributed by atoms with Gasteiger partial charge in [-0.3, -0.25) is 0 Å². The van der Waals surface area contributed by atoms with Crippen molar-refractivity contribution in [2.75, 3.05) is 6.54 Å². The summed E-state index contributed by atoms with van der Waals surface area (Å²) in [4.78, 5) is 0. The number of nitrogens with one attached hydrogen (secondary N) is 1. The van der Waals surface area contributed by atoms with Gasteiger partial charge in [-0.05, 0) is 25.8 Å².